The average Bonchev–Trinajstić information content (AvgIpc) is 3.35. The number of benzene rings is 1. The van der Waals surface area contributed by atoms with Crippen molar-refractivity contribution in [3.8, 4) is 22.5 Å². The third-order valence-electron chi connectivity index (χ3n) is 5.37. The fourth-order valence-corrected chi connectivity index (χ4v) is 5.47. The Hall–Kier alpha value is -2.16. The van der Waals surface area contributed by atoms with Crippen LogP contribution in [-0.4, -0.2) is 51.8 Å². The number of halogens is 1. The van der Waals surface area contributed by atoms with Crippen LogP contribution >= 0.6 is 12.4 Å². The maximum Gasteiger partial charge on any atom is 0.151 e. The van der Waals surface area contributed by atoms with E-state index in [0.29, 0.717) is 19.5 Å². The van der Waals surface area contributed by atoms with Crippen molar-refractivity contribution in [2.24, 2.45) is 7.05 Å². The number of hydrogen-bond donors (Lipinski definition) is 1. The fraction of sp³-hybridized carbons (Fsp3) is 0.400. The highest BCUT2D eigenvalue weighted by molar-refractivity contribution is 7.91. The van der Waals surface area contributed by atoms with E-state index in [9.17, 15) is 8.42 Å². The molecular weight excluding hydrogens is 410 g/mol. The summed E-state index contributed by atoms with van der Waals surface area (Å²) in [6, 6.07) is 10.2. The molecule has 0 aliphatic carbocycles. The highest BCUT2D eigenvalue weighted by Gasteiger charge is 2.27. The van der Waals surface area contributed by atoms with Crippen LogP contribution in [0.15, 0.2) is 42.9 Å². The van der Waals surface area contributed by atoms with E-state index in [1.807, 2.05) is 42.5 Å². The zero-order valence-electron chi connectivity index (χ0n) is 16.6. The van der Waals surface area contributed by atoms with Crippen molar-refractivity contribution in [1.29, 1.82) is 0 Å². The van der Waals surface area contributed by atoms with Gasteiger partial charge in [0.1, 0.15) is 5.69 Å². The van der Waals surface area contributed by atoms with E-state index in [-0.39, 0.29) is 30.0 Å². The van der Waals surface area contributed by atoms with Gasteiger partial charge in [-0.15, -0.1) is 12.4 Å². The van der Waals surface area contributed by atoms with E-state index < -0.39 is 9.84 Å². The first-order valence-corrected chi connectivity index (χ1v) is 11.3. The molecule has 0 bridgehead atoms. The second kappa shape index (κ2) is 8.69. The topological polar surface area (TPSA) is 81.8 Å². The number of imidazole rings is 1. The lowest BCUT2D eigenvalue weighted by Crippen LogP contribution is -2.32. The predicted molar refractivity (Wildman–Crippen MR) is 117 cm³/mol. The van der Waals surface area contributed by atoms with Crippen LogP contribution in [0.2, 0.25) is 0 Å². The summed E-state index contributed by atoms with van der Waals surface area (Å²) in [5.74, 6) is 0.528. The van der Waals surface area contributed by atoms with Crippen molar-refractivity contribution in [3.63, 3.8) is 0 Å². The normalized spacial score (nSPS) is 17.9. The van der Waals surface area contributed by atoms with Crippen LogP contribution in [0.1, 0.15) is 12.1 Å². The Labute approximate surface area is 177 Å². The molecule has 29 heavy (non-hydrogen) atoms. The van der Waals surface area contributed by atoms with Gasteiger partial charge < -0.3 is 9.88 Å². The van der Waals surface area contributed by atoms with Crippen LogP contribution in [0.5, 0.6) is 0 Å². The maximum atomic E-state index is 11.6. The number of rotatable bonds is 6. The highest BCUT2D eigenvalue weighted by Crippen LogP contribution is 2.33. The minimum atomic E-state index is -2.86. The smallest absolute Gasteiger partial charge is 0.151 e. The monoisotopic (exact) mass is 435 g/mol. The lowest BCUT2D eigenvalue weighted by molar-refractivity contribution is 0.521. The second-order valence-corrected chi connectivity index (χ2v) is 9.55. The minimum absolute atomic E-state index is 0. The molecule has 156 valence electrons. The lowest BCUT2D eigenvalue weighted by atomic mass is 10.0. The van der Waals surface area contributed by atoms with Gasteiger partial charge in [0.15, 0.2) is 9.84 Å². The Kier molecular flexibility index (Phi) is 6.45. The standard InChI is InChI=1S/C20H25N5O2S.ClH/c1-15-19(20(23-24(15)2)16-6-4-3-5-7-16)18-12-21-14-25(18)10-9-22-17-8-11-28(26,27)13-17;/h3-7,12,14,17,22H,8-11,13H2,1-2H3;1H. The first-order valence-electron chi connectivity index (χ1n) is 9.48. The largest absolute Gasteiger partial charge is 0.329 e. The Balaban J connectivity index is 0.00000240. The summed E-state index contributed by atoms with van der Waals surface area (Å²) in [6.45, 7) is 3.48. The Morgan fingerprint density at radius 2 is 2.00 bits per heavy atom. The SMILES string of the molecule is Cc1c(-c2cncn2CCNC2CCS(=O)(=O)C2)c(-c2ccccc2)nn1C.Cl. The molecule has 1 N–H and O–H groups in total. The molecule has 0 amide bonds. The molecule has 1 aliphatic rings. The summed E-state index contributed by atoms with van der Waals surface area (Å²) in [4.78, 5) is 4.36. The molecule has 0 radical (unpaired) electrons. The van der Waals surface area contributed by atoms with E-state index in [1.165, 1.54) is 0 Å². The van der Waals surface area contributed by atoms with E-state index >= 15 is 0 Å². The predicted octanol–water partition coefficient (Wildman–Crippen LogP) is 2.46. The molecular formula is C20H26ClN5O2S. The first kappa shape index (κ1) is 21.5. The van der Waals surface area contributed by atoms with Gasteiger partial charge >= 0.3 is 0 Å². The van der Waals surface area contributed by atoms with Crippen molar-refractivity contribution >= 4 is 22.2 Å². The molecule has 4 rings (SSSR count). The molecule has 1 saturated heterocycles. The molecule has 1 atom stereocenters. The number of aromatic nitrogens is 4. The van der Waals surface area contributed by atoms with Crippen LogP contribution in [0.3, 0.4) is 0 Å². The number of nitrogens with zero attached hydrogens (tertiary/aromatic N) is 4. The molecule has 3 aromatic rings. The van der Waals surface area contributed by atoms with E-state index in [4.69, 9.17) is 5.10 Å². The summed E-state index contributed by atoms with van der Waals surface area (Å²) in [5, 5.41) is 8.10. The van der Waals surface area contributed by atoms with Crippen molar-refractivity contribution in [1.82, 2.24) is 24.6 Å². The van der Waals surface area contributed by atoms with Gasteiger partial charge in [-0.25, -0.2) is 13.4 Å². The Morgan fingerprint density at radius 1 is 1.24 bits per heavy atom. The summed E-state index contributed by atoms with van der Waals surface area (Å²) in [6.07, 6.45) is 4.39. The minimum Gasteiger partial charge on any atom is -0.329 e. The van der Waals surface area contributed by atoms with Crippen LogP contribution < -0.4 is 5.32 Å². The number of hydrogen-bond acceptors (Lipinski definition) is 5. The zero-order valence-corrected chi connectivity index (χ0v) is 18.2. The summed E-state index contributed by atoms with van der Waals surface area (Å²) >= 11 is 0. The average molecular weight is 436 g/mol. The molecule has 1 unspecified atom stereocenters. The van der Waals surface area contributed by atoms with E-state index in [2.05, 4.69) is 33.9 Å². The van der Waals surface area contributed by atoms with Crippen LogP contribution in [0.25, 0.3) is 22.5 Å². The molecule has 2 aromatic heterocycles. The summed E-state index contributed by atoms with van der Waals surface area (Å²) in [7, 11) is -0.910. The van der Waals surface area contributed by atoms with Crippen LogP contribution in [0, 0.1) is 6.92 Å². The number of nitrogens with one attached hydrogen (secondary N) is 1. The van der Waals surface area contributed by atoms with Crippen LogP contribution in [-0.2, 0) is 23.4 Å². The van der Waals surface area contributed by atoms with E-state index in [1.54, 1.807) is 0 Å². The Bertz CT molecular complexity index is 1080. The second-order valence-electron chi connectivity index (χ2n) is 7.33. The quantitative estimate of drug-likeness (QED) is 0.643. The van der Waals surface area contributed by atoms with Gasteiger partial charge in [-0.3, -0.25) is 4.68 Å². The van der Waals surface area contributed by atoms with Gasteiger partial charge in [0.25, 0.3) is 0 Å². The zero-order chi connectivity index (χ0) is 19.7. The lowest BCUT2D eigenvalue weighted by Gasteiger charge is -2.13. The van der Waals surface area contributed by atoms with Gasteiger partial charge in [0, 0.05) is 43.0 Å². The molecule has 7 nitrogen and oxygen atoms in total. The first-order chi connectivity index (χ1) is 13.4. The molecule has 1 fully saturated rings. The maximum absolute atomic E-state index is 11.6. The van der Waals surface area contributed by atoms with Crippen molar-refractivity contribution in [3.05, 3.63) is 48.5 Å². The summed E-state index contributed by atoms with van der Waals surface area (Å²) < 4.78 is 27.2. The third kappa shape index (κ3) is 4.55. The fourth-order valence-electron chi connectivity index (χ4n) is 3.77. The molecule has 0 spiro atoms. The molecule has 9 heteroatoms. The summed E-state index contributed by atoms with van der Waals surface area (Å²) in [5.41, 5.74) is 5.19. The number of aryl methyl sites for hydroxylation is 1. The van der Waals surface area contributed by atoms with Gasteiger partial charge in [-0.05, 0) is 13.3 Å². The van der Waals surface area contributed by atoms with E-state index in [0.717, 1.165) is 28.2 Å². The van der Waals surface area contributed by atoms with Gasteiger partial charge in [-0.2, -0.15) is 5.10 Å². The van der Waals surface area contributed by atoms with Crippen molar-refractivity contribution in [2.75, 3.05) is 18.1 Å². The van der Waals surface area contributed by atoms with Crippen molar-refractivity contribution in [2.45, 2.75) is 25.9 Å². The molecule has 1 aliphatic heterocycles. The van der Waals surface area contributed by atoms with Gasteiger partial charge in [-0.1, -0.05) is 30.3 Å². The van der Waals surface area contributed by atoms with Crippen molar-refractivity contribution < 1.29 is 8.42 Å². The molecule has 1 aromatic carbocycles. The molecule has 0 saturated carbocycles. The third-order valence-corrected chi connectivity index (χ3v) is 7.14. The number of sulfone groups is 1. The van der Waals surface area contributed by atoms with Crippen LogP contribution in [0.4, 0.5) is 0 Å². The van der Waals surface area contributed by atoms with Gasteiger partial charge in [0.2, 0.25) is 0 Å². The Morgan fingerprint density at radius 3 is 2.69 bits per heavy atom. The highest BCUT2D eigenvalue weighted by atomic mass is 35.5. The van der Waals surface area contributed by atoms with Gasteiger partial charge in [0.05, 0.1) is 29.7 Å². The molecule has 3 heterocycles.